The van der Waals surface area contributed by atoms with Crippen molar-refractivity contribution in [2.24, 2.45) is 0 Å². The van der Waals surface area contributed by atoms with Gasteiger partial charge in [-0.3, -0.25) is 9.89 Å². The van der Waals surface area contributed by atoms with E-state index in [-0.39, 0.29) is 5.56 Å². The van der Waals surface area contributed by atoms with E-state index in [0.29, 0.717) is 12.3 Å². The highest BCUT2D eigenvalue weighted by Crippen LogP contribution is 2.33. The number of rotatable bonds is 6. The topological polar surface area (TPSA) is 59.4 Å². The van der Waals surface area contributed by atoms with Crippen LogP contribution in [0.1, 0.15) is 12.1 Å². The highest BCUT2D eigenvalue weighted by Gasteiger charge is 2.13. The van der Waals surface area contributed by atoms with Crippen molar-refractivity contribution in [3.63, 3.8) is 0 Å². The minimum atomic E-state index is -0.0893. The fraction of sp³-hybridized carbons (Fsp3) is 0.200. The summed E-state index contributed by atoms with van der Waals surface area (Å²) in [7, 11) is 1.68. The Kier molecular flexibility index (Phi) is 4.69. The quantitative estimate of drug-likeness (QED) is 0.526. The van der Waals surface area contributed by atoms with Crippen LogP contribution >= 0.6 is 11.3 Å². The molecule has 0 saturated heterocycles. The zero-order valence-corrected chi connectivity index (χ0v) is 15.3. The molecule has 0 fully saturated rings. The Morgan fingerprint density at radius 2 is 2.04 bits per heavy atom. The van der Waals surface area contributed by atoms with Gasteiger partial charge in [0.05, 0.1) is 5.56 Å². The first-order valence-electron chi connectivity index (χ1n) is 8.49. The molecule has 0 aliphatic rings. The van der Waals surface area contributed by atoms with E-state index in [2.05, 4.69) is 28.7 Å². The molecule has 5 nitrogen and oxygen atoms in total. The highest BCUT2D eigenvalue weighted by atomic mass is 32.1. The third-order valence-corrected chi connectivity index (χ3v) is 5.27. The van der Waals surface area contributed by atoms with Crippen LogP contribution in [0.4, 0.5) is 0 Å². The molecule has 3 heterocycles. The number of H-pyrrole nitrogens is 1. The van der Waals surface area contributed by atoms with Gasteiger partial charge in [0.15, 0.2) is 5.65 Å². The Labute approximate surface area is 154 Å². The second-order valence-corrected chi connectivity index (χ2v) is 7.01. The third kappa shape index (κ3) is 3.21. The molecule has 0 unspecified atom stereocenters. The molecule has 0 spiro atoms. The Morgan fingerprint density at radius 1 is 1.19 bits per heavy atom. The SMILES string of the molecule is COCCCc1cc(=O)n2[nH]cc(-c3cc(-c4ccccc4)cs3)c2n1. The molecule has 1 N–H and O–H groups in total. The van der Waals surface area contributed by atoms with Crippen LogP contribution in [0.3, 0.4) is 0 Å². The molecular formula is C20H19N3O2S. The average Bonchev–Trinajstić information content (AvgIpc) is 3.30. The normalized spacial score (nSPS) is 11.3. The van der Waals surface area contributed by atoms with Crippen molar-refractivity contribution < 1.29 is 4.74 Å². The van der Waals surface area contributed by atoms with E-state index in [1.54, 1.807) is 24.5 Å². The van der Waals surface area contributed by atoms with Gasteiger partial charge in [-0.25, -0.2) is 9.50 Å². The second-order valence-electron chi connectivity index (χ2n) is 6.09. The molecule has 6 heteroatoms. The molecule has 0 atom stereocenters. The van der Waals surface area contributed by atoms with Gasteiger partial charge in [-0.05, 0) is 35.4 Å². The minimum Gasteiger partial charge on any atom is -0.385 e. The molecule has 26 heavy (non-hydrogen) atoms. The first-order valence-corrected chi connectivity index (χ1v) is 9.37. The summed E-state index contributed by atoms with van der Waals surface area (Å²) in [5.74, 6) is 0. The monoisotopic (exact) mass is 365 g/mol. The Balaban J connectivity index is 1.73. The summed E-state index contributed by atoms with van der Waals surface area (Å²) in [4.78, 5) is 18.2. The predicted octanol–water partition coefficient (Wildman–Crippen LogP) is 4.00. The maximum Gasteiger partial charge on any atom is 0.272 e. The number of aromatic nitrogens is 3. The van der Waals surface area contributed by atoms with Gasteiger partial charge < -0.3 is 4.74 Å². The zero-order chi connectivity index (χ0) is 17.9. The number of aromatic amines is 1. The van der Waals surface area contributed by atoms with Crippen LogP contribution in [0.2, 0.25) is 0 Å². The van der Waals surface area contributed by atoms with Gasteiger partial charge in [0, 0.05) is 36.6 Å². The average molecular weight is 365 g/mol. The number of nitrogens with one attached hydrogen (secondary N) is 1. The van der Waals surface area contributed by atoms with E-state index in [0.717, 1.165) is 29.0 Å². The lowest BCUT2D eigenvalue weighted by molar-refractivity contribution is 0.195. The van der Waals surface area contributed by atoms with E-state index in [4.69, 9.17) is 9.72 Å². The Morgan fingerprint density at radius 3 is 2.85 bits per heavy atom. The summed E-state index contributed by atoms with van der Waals surface area (Å²) >= 11 is 1.65. The van der Waals surface area contributed by atoms with Crippen molar-refractivity contribution in [1.82, 2.24) is 14.6 Å². The van der Waals surface area contributed by atoms with Crippen LogP contribution < -0.4 is 5.56 Å². The highest BCUT2D eigenvalue weighted by molar-refractivity contribution is 7.14. The fourth-order valence-electron chi connectivity index (χ4n) is 3.00. The molecule has 3 aromatic heterocycles. The first-order chi connectivity index (χ1) is 12.8. The molecule has 4 rings (SSSR count). The Bertz CT molecular complexity index is 1080. The van der Waals surface area contributed by atoms with Gasteiger partial charge >= 0.3 is 0 Å². The fourth-order valence-corrected chi connectivity index (χ4v) is 3.93. The van der Waals surface area contributed by atoms with Gasteiger partial charge in [0.2, 0.25) is 0 Å². The molecule has 0 bridgehead atoms. The van der Waals surface area contributed by atoms with E-state index >= 15 is 0 Å². The summed E-state index contributed by atoms with van der Waals surface area (Å²) in [5, 5.41) is 5.16. The molecule has 0 saturated carbocycles. The lowest BCUT2D eigenvalue weighted by Gasteiger charge is -2.02. The van der Waals surface area contributed by atoms with Crippen molar-refractivity contribution >= 4 is 17.0 Å². The smallest absolute Gasteiger partial charge is 0.272 e. The van der Waals surface area contributed by atoms with E-state index in [1.807, 2.05) is 24.4 Å². The standard InChI is InChI=1S/C20H19N3O2S/c1-25-9-5-8-16-11-19(24)23-20(22-16)17(12-21-23)18-10-15(13-26-18)14-6-3-2-4-7-14/h2-4,6-7,10-13,21H,5,8-9H2,1H3. The predicted molar refractivity (Wildman–Crippen MR) is 105 cm³/mol. The number of fused-ring (bicyclic) bond motifs is 1. The number of methoxy groups -OCH3 is 1. The first kappa shape index (κ1) is 16.8. The lowest BCUT2D eigenvalue weighted by atomic mass is 10.1. The van der Waals surface area contributed by atoms with Crippen LogP contribution in [0.25, 0.3) is 27.2 Å². The lowest BCUT2D eigenvalue weighted by Crippen LogP contribution is -2.15. The van der Waals surface area contributed by atoms with Gasteiger partial charge in [0.25, 0.3) is 5.56 Å². The van der Waals surface area contributed by atoms with Gasteiger partial charge in [0.1, 0.15) is 0 Å². The van der Waals surface area contributed by atoms with Crippen LogP contribution in [-0.4, -0.2) is 28.3 Å². The van der Waals surface area contributed by atoms with E-state index in [9.17, 15) is 4.79 Å². The molecule has 1 aromatic carbocycles. The molecule has 0 aliphatic heterocycles. The number of thiophene rings is 1. The second kappa shape index (κ2) is 7.27. The van der Waals surface area contributed by atoms with Gasteiger partial charge in [-0.1, -0.05) is 30.3 Å². The van der Waals surface area contributed by atoms with Crippen LogP contribution in [-0.2, 0) is 11.2 Å². The van der Waals surface area contributed by atoms with Crippen molar-refractivity contribution in [2.75, 3.05) is 13.7 Å². The molecule has 0 aliphatic carbocycles. The summed E-state index contributed by atoms with van der Waals surface area (Å²) in [6, 6.07) is 14.0. The number of hydrogen-bond acceptors (Lipinski definition) is 4. The Hall–Kier alpha value is -2.70. The van der Waals surface area contributed by atoms with Crippen molar-refractivity contribution in [3.05, 3.63) is 70.1 Å². The van der Waals surface area contributed by atoms with E-state index < -0.39 is 0 Å². The van der Waals surface area contributed by atoms with Gasteiger partial charge in [-0.2, -0.15) is 0 Å². The number of nitrogens with zero attached hydrogens (tertiary/aromatic N) is 2. The third-order valence-electron chi connectivity index (χ3n) is 4.30. The van der Waals surface area contributed by atoms with Gasteiger partial charge in [-0.15, -0.1) is 11.3 Å². The van der Waals surface area contributed by atoms with Crippen LogP contribution in [0, 0.1) is 0 Å². The maximum atomic E-state index is 12.4. The molecule has 132 valence electrons. The number of aryl methyl sites for hydroxylation is 1. The summed E-state index contributed by atoms with van der Waals surface area (Å²) in [6.07, 6.45) is 3.42. The zero-order valence-electron chi connectivity index (χ0n) is 14.4. The van der Waals surface area contributed by atoms with Crippen molar-refractivity contribution in [1.29, 1.82) is 0 Å². The number of hydrogen-bond donors (Lipinski definition) is 1. The molecule has 4 aromatic rings. The summed E-state index contributed by atoms with van der Waals surface area (Å²) < 4.78 is 6.59. The number of benzene rings is 1. The maximum absolute atomic E-state index is 12.4. The molecular weight excluding hydrogens is 346 g/mol. The molecule has 0 amide bonds. The van der Waals surface area contributed by atoms with Crippen LogP contribution in [0.15, 0.2) is 58.8 Å². The van der Waals surface area contributed by atoms with Crippen molar-refractivity contribution in [3.8, 4) is 21.6 Å². The minimum absolute atomic E-state index is 0.0893. The van der Waals surface area contributed by atoms with Crippen LogP contribution in [0.5, 0.6) is 0 Å². The summed E-state index contributed by atoms with van der Waals surface area (Å²) in [6.45, 7) is 0.659. The van der Waals surface area contributed by atoms with E-state index in [1.165, 1.54) is 15.6 Å². The summed E-state index contributed by atoms with van der Waals surface area (Å²) in [5.41, 5.74) is 4.68. The number of ether oxygens (including phenoxy) is 1. The molecule has 0 radical (unpaired) electrons. The van der Waals surface area contributed by atoms with Crippen molar-refractivity contribution in [2.45, 2.75) is 12.8 Å². The largest absolute Gasteiger partial charge is 0.385 e.